The third-order valence-corrected chi connectivity index (χ3v) is 11.2. The first-order chi connectivity index (χ1) is 26.2. The lowest BCUT2D eigenvalue weighted by Gasteiger charge is -2.11. The molecule has 3 heteroatoms. The van der Waals surface area contributed by atoms with Gasteiger partial charge >= 0.3 is 0 Å². The van der Waals surface area contributed by atoms with E-state index in [0.717, 1.165) is 54.9 Å². The fourth-order valence-electron chi connectivity index (χ4n) is 7.36. The molecule has 248 valence electrons. The van der Waals surface area contributed by atoms with Crippen molar-refractivity contribution < 1.29 is 0 Å². The highest BCUT2D eigenvalue weighted by atomic mass is 32.1. The van der Waals surface area contributed by atoms with Crippen LogP contribution >= 0.6 is 11.3 Å². The van der Waals surface area contributed by atoms with Gasteiger partial charge in [0.2, 0.25) is 0 Å². The zero-order chi connectivity index (χ0) is 35.1. The summed E-state index contributed by atoms with van der Waals surface area (Å²) in [6.07, 6.45) is 0. The minimum absolute atomic E-state index is 0.720. The van der Waals surface area contributed by atoms with Crippen LogP contribution in [-0.2, 0) is 0 Å². The van der Waals surface area contributed by atoms with Crippen LogP contribution in [0.1, 0.15) is 0 Å². The zero-order valence-corrected chi connectivity index (χ0v) is 29.6. The van der Waals surface area contributed by atoms with E-state index in [1.54, 1.807) is 11.3 Å². The molecule has 2 heterocycles. The molecule has 0 aliphatic rings. The summed E-state index contributed by atoms with van der Waals surface area (Å²) in [5, 5.41) is 3.60. The second kappa shape index (κ2) is 13.1. The number of aromatic nitrogens is 2. The van der Waals surface area contributed by atoms with Crippen molar-refractivity contribution in [3.05, 3.63) is 194 Å². The summed E-state index contributed by atoms with van der Waals surface area (Å²) in [4.78, 5) is 10.8. The number of nitrogens with zero attached hydrogens (tertiary/aromatic N) is 2. The normalized spacial score (nSPS) is 11.4. The quantitative estimate of drug-likeness (QED) is 0.173. The lowest BCUT2D eigenvalue weighted by atomic mass is 9.97. The molecule has 8 aromatic carbocycles. The molecule has 0 spiro atoms. The third kappa shape index (κ3) is 5.87. The van der Waals surface area contributed by atoms with Crippen LogP contribution in [0.25, 0.3) is 98.2 Å². The molecule has 53 heavy (non-hydrogen) atoms. The Morgan fingerprint density at radius 2 is 0.736 bits per heavy atom. The maximum atomic E-state index is 5.41. The van der Waals surface area contributed by atoms with E-state index in [1.165, 1.54) is 43.3 Å². The lowest BCUT2D eigenvalue weighted by molar-refractivity contribution is 1.24. The van der Waals surface area contributed by atoms with E-state index >= 15 is 0 Å². The molecule has 0 saturated carbocycles. The van der Waals surface area contributed by atoms with E-state index in [-0.39, 0.29) is 0 Å². The molecule has 0 aliphatic heterocycles. The van der Waals surface area contributed by atoms with Gasteiger partial charge in [-0.25, -0.2) is 9.97 Å². The van der Waals surface area contributed by atoms with E-state index < -0.39 is 0 Å². The Morgan fingerprint density at radius 3 is 1.30 bits per heavy atom. The molecule has 0 amide bonds. The molecule has 0 bridgehead atoms. The molecule has 0 atom stereocenters. The first kappa shape index (κ1) is 31.1. The molecule has 0 N–H and O–H groups in total. The minimum Gasteiger partial charge on any atom is -0.226 e. The first-order valence-electron chi connectivity index (χ1n) is 17.9. The van der Waals surface area contributed by atoms with Crippen molar-refractivity contribution in [2.45, 2.75) is 0 Å². The topological polar surface area (TPSA) is 25.8 Å². The van der Waals surface area contributed by atoms with Gasteiger partial charge in [0.25, 0.3) is 0 Å². The number of rotatable bonds is 6. The summed E-state index contributed by atoms with van der Waals surface area (Å²) in [6.45, 7) is 0. The van der Waals surface area contributed by atoms with Crippen LogP contribution in [0.15, 0.2) is 194 Å². The van der Waals surface area contributed by atoms with E-state index in [2.05, 4.69) is 194 Å². The summed E-state index contributed by atoms with van der Waals surface area (Å²) >= 11 is 1.78. The van der Waals surface area contributed by atoms with E-state index in [9.17, 15) is 0 Å². The van der Waals surface area contributed by atoms with Crippen molar-refractivity contribution in [3.8, 4) is 67.2 Å². The Morgan fingerprint density at radius 1 is 0.321 bits per heavy atom. The summed E-state index contributed by atoms with van der Waals surface area (Å²) < 4.78 is 2.31. The summed E-state index contributed by atoms with van der Waals surface area (Å²) in [7, 11) is 0. The number of thiophene rings is 1. The molecule has 0 unspecified atom stereocenters. The fraction of sp³-hybridized carbons (Fsp3) is 0. The number of fused-ring (bicyclic) bond motifs is 4. The maximum Gasteiger partial charge on any atom is 0.160 e. The molecule has 0 radical (unpaired) electrons. The van der Waals surface area contributed by atoms with E-state index in [0.29, 0.717) is 0 Å². The van der Waals surface area contributed by atoms with Gasteiger partial charge in [0, 0.05) is 21.2 Å². The second-order valence-electron chi connectivity index (χ2n) is 13.4. The van der Waals surface area contributed by atoms with Crippen molar-refractivity contribution >= 4 is 42.4 Å². The standard InChI is InChI=1S/C50H32N2S/c1-3-13-33(14-4-1)35-19-9-21-37(27-35)39-23-11-25-43(29-39)47-49-48(45-31-41-17-7-8-18-42(41)32-46(45)53-49)52-50(51-47)44-26-12-24-40(30-44)38-22-10-20-36(28-38)34-15-5-2-6-16-34/h1-32H. The summed E-state index contributed by atoms with van der Waals surface area (Å²) in [5.41, 5.74) is 13.4. The molecular weight excluding hydrogens is 661 g/mol. The van der Waals surface area contributed by atoms with Gasteiger partial charge in [0.15, 0.2) is 5.82 Å². The van der Waals surface area contributed by atoms with Crippen LogP contribution < -0.4 is 0 Å². The minimum atomic E-state index is 0.720. The fourth-order valence-corrected chi connectivity index (χ4v) is 8.54. The average molecular weight is 693 g/mol. The largest absolute Gasteiger partial charge is 0.226 e. The number of hydrogen-bond acceptors (Lipinski definition) is 3. The van der Waals surface area contributed by atoms with Gasteiger partial charge in [0.05, 0.1) is 15.9 Å². The van der Waals surface area contributed by atoms with E-state index in [1.807, 2.05) is 0 Å². The number of benzene rings is 8. The third-order valence-electron chi connectivity index (χ3n) is 10.0. The van der Waals surface area contributed by atoms with Crippen LogP contribution in [0.4, 0.5) is 0 Å². The Bertz CT molecular complexity index is 2950. The molecule has 2 nitrogen and oxygen atoms in total. The Kier molecular flexibility index (Phi) is 7.71. The maximum absolute atomic E-state index is 5.41. The van der Waals surface area contributed by atoms with Gasteiger partial charge in [0.1, 0.15) is 0 Å². The predicted octanol–water partition coefficient (Wildman–Crippen LogP) is 14.0. The van der Waals surface area contributed by atoms with Crippen LogP contribution in [0.5, 0.6) is 0 Å². The Hall–Kier alpha value is -6.68. The molecule has 0 saturated heterocycles. The summed E-state index contributed by atoms with van der Waals surface area (Å²) in [5.74, 6) is 0.720. The monoisotopic (exact) mass is 692 g/mol. The van der Waals surface area contributed by atoms with Crippen LogP contribution in [0, 0.1) is 0 Å². The zero-order valence-electron chi connectivity index (χ0n) is 28.8. The SMILES string of the molecule is c1ccc(-c2cccc(-c3cccc(-c4nc(-c5cccc(-c6cccc(-c7ccccc7)c6)c5)c5sc6cc7ccccc7cc6c5n4)c3)c2)cc1. The molecule has 0 fully saturated rings. The highest BCUT2D eigenvalue weighted by Gasteiger charge is 2.18. The summed E-state index contributed by atoms with van der Waals surface area (Å²) in [6, 6.07) is 69.2. The molecule has 10 rings (SSSR count). The van der Waals surface area contributed by atoms with Gasteiger partial charge in [-0.15, -0.1) is 11.3 Å². The van der Waals surface area contributed by atoms with E-state index in [4.69, 9.17) is 9.97 Å². The molecule has 10 aromatic rings. The van der Waals surface area contributed by atoms with Crippen molar-refractivity contribution in [1.82, 2.24) is 9.97 Å². The van der Waals surface area contributed by atoms with Crippen molar-refractivity contribution in [1.29, 1.82) is 0 Å². The van der Waals surface area contributed by atoms with Gasteiger partial charge < -0.3 is 0 Å². The van der Waals surface area contributed by atoms with Gasteiger partial charge in [-0.1, -0.05) is 158 Å². The van der Waals surface area contributed by atoms with Crippen LogP contribution in [0.2, 0.25) is 0 Å². The predicted molar refractivity (Wildman–Crippen MR) is 225 cm³/mol. The van der Waals surface area contributed by atoms with Crippen LogP contribution in [-0.4, -0.2) is 9.97 Å². The van der Waals surface area contributed by atoms with Crippen molar-refractivity contribution in [3.63, 3.8) is 0 Å². The Labute approximate surface area is 312 Å². The molecule has 2 aromatic heterocycles. The molecular formula is C50H32N2S. The highest BCUT2D eigenvalue weighted by molar-refractivity contribution is 7.26. The second-order valence-corrected chi connectivity index (χ2v) is 14.5. The smallest absolute Gasteiger partial charge is 0.160 e. The first-order valence-corrected chi connectivity index (χ1v) is 18.7. The van der Waals surface area contributed by atoms with Gasteiger partial charge in [-0.05, 0) is 91.7 Å². The lowest BCUT2D eigenvalue weighted by Crippen LogP contribution is -1.94. The van der Waals surface area contributed by atoms with Gasteiger partial charge in [-0.3, -0.25) is 0 Å². The van der Waals surface area contributed by atoms with Gasteiger partial charge in [-0.2, -0.15) is 0 Å². The van der Waals surface area contributed by atoms with Crippen molar-refractivity contribution in [2.24, 2.45) is 0 Å². The van der Waals surface area contributed by atoms with Crippen LogP contribution in [0.3, 0.4) is 0 Å². The average Bonchev–Trinajstić information content (AvgIpc) is 3.60. The highest BCUT2D eigenvalue weighted by Crippen LogP contribution is 2.42. The molecule has 0 aliphatic carbocycles. The Balaban J connectivity index is 1.14. The van der Waals surface area contributed by atoms with Crippen molar-refractivity contribution in [2.75, 3.05) is 0 Å². The number of hydrogen-bond donors (Lipinski definition) is 0.